The van der Waals surface area contributed by atoms with Gasteiger partial charge >= 0.3 is 0 Å². The minimum atomic E-state index is -0.376. The Labute approximate surface area is 151 Å². The Kier molecular flexibility index (Phi) is 6.97. The molecule has 0 aliphatic heterocycles. The fourth-order valence-corrected chi connectivity index (χ4v) is 2.24. The van der Waals surface area contributed by atoms with E-state index in [1.165, 1.54) is 19.5 Å². The van der Waals surface area contributed by atoms with Crippen molar-refractivity contribution in [2.24, 2.45) is 0 Å². The van der Waals surface area contributed by atoms with Crippen LogP contribution in [-0.4, -0.2) is 43.2 Å². The number of amides is 1. The topological polar surface area (TPSA) is 85.4 Å². The van der Waals surface area contributed by atoms with Gasteiger partial charge in [0.2, 0.25) is 0 Å². The van der Waals surface area contributed by atoms with Crippen LogP contribution in [0.15, 0.2) is 24.5 Å². The summed E-state index contributed by atoms with van der Waals surface area (Å²) in [7, 11) is 3.17. The second kappa shape index (κ2) is 9.19. The van der Waals surface area contributed by atoms with E-state index < -0.39 is 0 Å². The van der Waals surface area contributed by atoms with Gasteiger partial charge in [0.1, 0.15) is 17.3 Å². The van der Waals surface area contributed by atoms with Crippen molar-refractivity contribution < 1.29 is 14.3 Å². The molecule has 134 valence electrons. The molecule has 25 heavy (non-hydrogen) atoms. The SMILES string of the molecule is COCCCNc1cnc(C(=O)Nc2cc(C)c(Cl)cc2OC)cn1. The minimum Gasteiger partial charge on any atom is -0.495 e. The molecule has 2 rings (SSSR count). The van der Waals surface area contributed by atoms with E-state index in [0.717, 1.165) is 18.5 Å². The van der Waals surface area contributed by atoms with Crippen molar-refractivity contribution in [3.05, 3.63) is 40.8 Å². The number of hydrogen-bond acceptors (Lipinski definition) is 6. The van der Waals surface area contributed by atoms with Gasteiger partial charge < -0.3 is 20.1 Å². The van der Waals surface area contributed by atoms with Crippen molar-refractivity contribution in [1.29, 1.82) is 0 Å². The van der Waals surface area contributed by atoms with Gasteiger partial charge in [-0.05, 0) is 25.0 Å². The lowest BCUT2D eigenvalue weighted by molar-refractivity contribution is 0.102. The number of aryl methyl sites for hydroxylation is 1. The Balaban J connectivity index is 2.02. The molecule has 0 fully saturated rings. The molecule has 1 heterocycles. The van der Waals surface area contributed by atoms with Gasteiger partial charge in [-0.25, -0.2) is 9.97 Å². The molecule has 1 amide bonds. The number of carbonyl (C=O) groups excluding carboxylic acids is 1. The van der Waals surface area contributed by atoms with Crippen LogP contribution >= 0.6 is 11.6 Å². The van der Waals surface area contributed by atoms with Crippen LogP contribution in [0.2, 0.25) is 5.02 Å². The second-order valence-corrected chi connectivity index (χ2v) is 5.72. The Morgan fingerprint density at radius 1 is 1.24 bits per heavy atom. The molecule has 0 aliphatic rings. The lowest BCUT2D eigenvalue weighted by Crippen LogP contribution is -2.15. The summed E-state index contributed by atoms with van der Waals surface area (Å²) < 4.78 is 10.2. The van der Waals surface area contributed by atoms with Gasteiger partial charge in [0.25, 0.3) is 5.91 Å². The molecule has 0 spiro atoms. The zero-order valence-corrected chi connectivity index (χ0v) is 15.2. The summed E-state index contributed by atoms with van der Waals surface area (Å²) in [5, 5.41) is 6.44. The number of anilines is 2. The number of rotatable bonds is 8. The summed E-state index contributed by atoms with van der Waals surface area (Å²) in [5.41, 5.74) is 1.56. The van der Waals surface area contributed by atoms with Gasteiger partial charge in [-0.3, -0.25) is 4.79 Å². The van der Waals surface area contributed by atoms with E-state index in [-0.39, 0.29) is 11.6 Å². The summed E-state index contributed by atoms with van der Waals surface area (Å²) in [6.45, 7) is 3.24. The minimum absolute atomic E-state index is 0.206. The molecule has 2 aromatic rings. The molecule has 2 N–H and O–H groups in total. The first-order valence-corrected chi connectivity index (χ1v) is 8.13. The van der Waals surface area contributed by atoms with Gasteiger partial charge in [0.05, 0.1) is 25.2 Å². The molecule has 0 atom stereocenters. The molecule has 7 nitrogen and oxygen atoms in total. The van der Waals surface area contributed by atoms with Crippen molar-refractivity contribution in [3.63, 3.8) is 0 Å². The van der Waals surface area contributed by atoms with Crippen LogP contribution in [0.25, 0.3) is 0 Å². The molecule has 0 aliphatic carbocycles. The predicted molar refractivity (Wildman–Crippen MR) is 97.7 cm³/mol. The molecular weight excluding hydrogens is 344 g/mol. The number of halogens is 1. The second-order valence-electron chi connectivity index (χ2n) is 5.32. The van der Waals surface area contributed by atoms with E-state index in [4.69, 9.17) is 21.1 Å². The summed E-state index contributed by atoms with van der Waals surface area (Å²) in [6, 6.07) is 3.41. The molecule has 0 saturated carbocycles. The number of hydrogen-bond donors (Lipinski definition) is 2. The largest absolute Gasteiger partial charge is 0.495 e. The van der Waals surface area contributed by atoms with E-state index in [2.05, 4.69) is 20.6 Å². The molecule has 0 bridgehead atoms. The van der Waals surface area contributed by atoms with Crippen molar-refractivity contribution in [1.82, 2.24) is 9.97 Å². The molecule has 0 saturated heterocycles. The highest BCUT2D eigenvalue weighted by Gasteiger charge is 2.13. The number of carbonyl (C=O) groups is 1. The number of methoxy groups -OCH3 is 2. The highest BCUT2D eigenvalue weighted by atomic mass is 35.5. The Morgan fingerprint density at radius 3 is 2.68 bits per heavy atom. The van der Waals surface area contributed by atoms with E-state index >= 15 is 0 Å². The van der Waals surface area contributed by atoms with Crippen molar-refractivity contribution >= 4 is 29.0 Å². The lowest BCUT2D eigenvalue weighted by atomic mass is 10.2. The van der Waals surface area contributed by atoms with E-state index in [9.17, 15) is 4.79 Å². The number of nitrogens with zero attached hydrogens (tertiary/aromatic N) is 2. The van der Waals surface area contributed by atoms with Crippen molar-refractivity contribution in [3.8, 4) is 5.75 Å². The third kappa shape index (κ3) is 5.30. The van der Waals surface area contributed by atoms with Crippen LogP contribution in [-0.2, 0) is 4.74 Å². The summed E-state index contributed by atoms with van der Waals surface area (Å²) in [4.78, 5) is 20.7. The maximum absolute atomic E-state index is 12.3. The van der Waals surface area contributed by atoms with Gasteiger partial charge in [-0.1, -0.05) is 11.6 Å². The van der Waals surface area contributed by atoms with Crippen LogP contribution in [0.1, 0.15) is 22.5 Å². The Bertz CT molecular complexity index is 723. The maximum Gasteiger partial charge on any atom is 0.275 e. The summed E-state index contributed by atoms with van der Waals surface area (Å²) in [5.74, 6) is 0.708. The summed E-state index contributed by atoms with van der Waals surface area (Å²) in [6.07, 6.45) is 3.80. The third-order valence-electron chi connectivity index (χ3n) is 3.44. The van der Waals surface area contributed by atoms with Crippen LogP contribution < -0.4 is 15.4 Å². The first-order valence-electron chi connectivity index (χ1n) is 7.75. The van der Waals surface area contributed by atoms with Gasteiger partial charge in [0.15, 0.2) is 0 Å². The summed E-state index contributed by atoms with van der Waals surface area (Å²) >= 11 is 6.07. The van der Waals surface area contributed by atoms with E-state index in [1.807, 2.05) is 6.92 Å². The first-order chi connectivity index (χ1) is 12.0. The first kappa shape index (κ1) is 19.0. The van der Waals surface area contributed by atoms with Crippen LogP contribution in [0.4, 0.5) is 11.5 Å². The fourth-order valence-electron chi connectivity index (χ4n) is 2.09. The number of benzene rings is 1. The molecule has 8 heteroatoms. The van der Waals surface area contributed by atoms with Crippen LogP contribution in [0, 0.1) is 6.92 Å². The highest BCUT2D eigenvalue weighted by Crippen LogP contribution is 2.31. The zero-order valence-electron chi connectivity index (χ0n) is 14.4. The number of aromatic nitrogens is 2. The molecule has 0 unspecified atom stereocenters. The normalized spacial score (nSPS) is 10.4. The zero-order chi connectivity index (χ0) is 18.2. The van der Waals surface area contributed by atoms with Crippen molar-refractivity contribution in [2.75, 3.05) is 38.0 Å². The molecular formula is C17H21ClN4O3. The van der Waals surface area contributed by atoms with Gasteiger partial charge in [-0.15, -0.1) is 0 Å². The van der Waals surface area contributed by atoms with E-state index in [0.29, 0.717) is 28.9 Å². The van der Waals surface area contributed by atoms with Gasteiger partial charge in [0, 0.05) is 31.4 Å². The lowest BCUT2D eigenvalue weighted by Gasteiger charge is -2.12. The molecule has 1 aromatic heterocycles. The number of ether oxygens (including phenoxy) is 2. The van der Waals surface area contributed by atoms with Crippen molar-refractivity contribution in [2.45, 2.75) is 13.3 Å². The average molecular weight is 365 g/mol. The Hall–Kier alpha value is -2.38. The highest BCUT2D eigenvalue weighted by molar-refractivity contribution is 6.31. The third-order valence-corrected chi connectivity index (χ3v) is 3.85. The molecule has 1 aromatic carbocycles. The number of nitrogens with one attached hydrogen (secondary N) is 2. The van der Waals surface area contributed by atoms with Crippen LogP contribution in [0.5, 0.6) is 5.75 Å². The molecule has 0 radical (unpaired) electrons. The van der Waals surface area contributed by atoms with Crippen LogP contribution in [0.3, 0.4) is 0 Å². The quantitative estimate of drug-likeness (QED) is 0.700. The monoisotopic (exact) mass is 364 g/mol. The predicted octanol–water partition coefficient (Wildman–Crippen LogP) is 3.15. The Morgan fingerprint density at radius 2 is 2.04 bits per heavy atom. The van der Waals surface area contributed by atoms with E-state index in [1.54, 1.807) is 19.2 Å². The van der Waals surface area contributed by atoms with Gasteiger partial charge in [-0.2, -0.15) is 0 Å². The average Bonchev–Trinajstić information content (AvgIpc) is 2.62. The smallest absolute Gasteiger partial charge is 0.275 e. The fraction of sp³-hybridized carbons (Fsp3) is 0.353. The standard InChI is InChI=1S/C17H21ClN4O3/c1-11-7-13(15(25-3)8-12(11)18)22-17(23)14-9-21-16(10-20-14)19-5-4-6-24-2/h7-10H,4-6H2,1-3H3,(H,19,21)(H,22,23). The maximum atomic E-state index is 12.3.